The minimum atomic E-state index is -0.153. The Morgan fingerprint density at radius 3 is 2.74 bits per heavy atom. The molecule has 0 aliphatic rings. The molecule has 0 saturated heterocycles. The highest BCUT2D eigenvalue weighted by Crippen LogP contribution is 2.11. The first kappa shape index (κ1) is 13.1. The Morgan fingerprint density at radius 1 is 1.26 bits per heavy atom. The van der Waals surface area contributed by atoms with Crippen molar-refractivity contribution in [1.29, 1.82) is 0 Å². The maximum atomic E-state index is 11.7. The third-order valence-electron chi connectivity index (χ3n) is 2.68. The number of nitrogens with zero attached hydrogens (tertiary/aromatic N) is 1. The number of aromatic nitrogens is 1. The number of carbonyl (C=O) groups excluding carboxylic acids is 1. The molecular formula is C15H16N2O2. The summed E-state index contributed by atoms with van der Waals surface area (Å²) in [6.07, 6.45) is 3.23. The van der Waals surface area contributed by atoms with Crippen LogP contribution in [0.5, 0.6) is 5.75 Å². The van der Waals surface area contributed by atoms with E-state index in [4.69, 9.17) is 4.74 Å². The van der Waals surface area contributed by atoms with Gasteiger partial charge in [-0.05, 0) is 24.6 Å². The monoisotopic (exact) mass is 256 g/mol. The summed E-state index contributed by atoms with van der Waals surface area (Å²) in [4.78, 5) is 15.7. The molecular weight excluding hydrogens is 240 g/mol. The van der Waals surface area contributed by atoms with Crippen LogP contribution in [-0.2, 0) is 4.79 Å². The second-order valence-electron chi connectivity index (χ2n) is 4.18. The normalized spacial score (nSPS) is 11.6. The van der Waals surface area contributed by atoms with Crippen LogP contribution in [0, 0.1) is 0 Å². The van der Waals surface area contributed by atoms with E-state index in [9.17, 15) is 4.79 Å². The largest absolute Gasteiger partial charge is 0.482 e. The number of pyridine rings is 1. The van der Waals surface area contributed by atoms with Crippen molar-refractivity contribution in [2.45, 2.75) is 13.0 Å². The molecule has 2 aromatic rings. The lowest BCUT2D eigenvalue weighted by atomic mass is 10.1. The fourth-order valence-corrected chi connectivity index (χ4v) is 1.69. The Kier molecular flexibility index (Phi) is 4.50. The van der Waals surface area contributed by atoms with Crippen molar-refractivity contribution in [3.63, 3.8) is 0 Å². The van der Waals surface area contributed by atoms with E-state index in [1.807, 2.05) is 37.3 Å². The summed E-state index contributed by atoms with van der Waals surface area (Å²) in [5, 5.41) is 2.88. The third kappa shape index (κ3) is 4.10. The molecule has 0 fully saturated rings. The van der Waals surface area contributed by atoms with E-state index in [-0.39, 0.29) is 18.6 Å². The van der Waals surface area contributed by atoms with Crippen molar-refractivity contribution in [2.24, 2.45) is 0 Å². The summed E-state index contributed by atoms with van der Waals surface area (Å²) in [6.45, 7) is 1.93. The van der Waals surface area contributed by atoms with Crippen LogP contribution >= 0.6 is 0 Å². The Hall–Kier alpha value is -2.36. The summed E-state index contributed by atoms with van der Waals surface area (Å²) in [7, 11) is 0. The van der Waals surface area contributed by atoms with Gasteiger partial charge in [0.1, 0.15) is 5.75 Å². The molecule has 98 valence electrons. The number of hydrogen-bond acceptors (Lipinski definition) is 3. The van der Waals surface area contributed by atoms with E-state index in [0.717, 1.165) is 5.56 Å². The quantitative estimate of drug-likeness (QED) is 0.893. The Balaban J connectivity index is 1.82. The van der Waals surface area contributed by atoms with E-state index in [1.54, 1.807) is 24.5 Å². The Bertz CT molecular complexity index is 514. The zero-order valence-corrected chi connectivity index (χ0v) is 10.7. The minimum absolute atomic E-state index is 0.0110. The fraction of sp³-hybridized carbons (Fsp3) is 0.200. The van der Waals surface area contributed by atoms with E-state index in [2.05, 4.69) is 10.3 Å². The van der Waals surface area contributed by atoms with E-state index < -0.39 is 0 Å². The molecule has 1 N–H and O–H groups in total. The van der Waals surface area contributed by atoms with Crippen LogP contribution in [0.1, 0.15) is 18.5 Å². The number of hydrogen-bond donors (Lipinski definition) is 1. The summed E-state index contributed by atoms with van der Waals surface area (Å²) < 4.78 is 5.33. The molecule has 1 aromatic carbocycles. The van der Waals surface area contributed by atoms with Crippen molar-refractivity contribution in [1.82, 2.24) is 10.3 Å². The number of carbonyl (C=O) groups is 1. The summed E-state index contributed by atoms with van der Waals surface area (Å²) in [6, 6.07) is 13.3. The second-order valence-corrected chi connectivity index (χ2v) is 4.18. The molecule has 2 rings (SSSR count). The fourth-order valence-electron chi connectivity index (χ4n) is 1.69. The van der Waals surface area contributed by atoms with Crippen molar-refractivity contribution in [3.8, 4) is 5.75 Å². The van der Waals surface area contributed by atoms with Crippen LogP contribution < -0.4 is 10.1 Å². The van der Waals surface area contributed by atoms with Gasteiger partial charge in [0, 0.05) is 6.20 Å². The predicted octanol–water partition coefficient (Wildman–Crippen LogP) is 2.34. The number of amides is 1. The number of nitrogens with one attached hydrogen (secondary N) is 1. The second kappa shape index (κ2) is 6.54. The molecule has 1 heterocycles. The minimum Gasteiger partial charge on any atom is -0.482 e. The summed E-state index contributed by atoms with van der Waals surface area (Å²) >= 11 is 0. The van der Waals surface area contributed by atoms with Gasteiger partial charge in [-0.3, -0.25) is 9.78 Å². The molecule has 0 aliphatic heterocycles. The SMILES string of the molecule is CC(NC(=O)COc1cccnc1)c1ccccc1. The first-order chi connectivity index (χ1) is 9.25. The molecule has 4 nitrogen and oxygen atoms in total. The molecule has 0 aliphatic carbocycles. The average Bonchev–Trinajstić information content (AvgIpc) is 2.47. The topological polar surface area (TPSA) is 51.2 Å². The van der Waals surface area contributed by atoms with Crippen LogP contribution in [0.25, 0.3) is 0 Å². The van der Waals surface area contributed by atoms with Gasteiger partial charge in [-0.2, -0.15) is 0 Å². The van der Waals surface area contributed by atoms with Gasteiger partial charge in [0.15, 0.2) is 6.61 Å². The molecule has 0 spiro atoms. The standard InChI is InChI=1S/C15H16N2O2/c1-12(13-6-3-2-4-7-13)17-15(18)11-19-14-8-5-9-16-10-14/h2-10,12H,11H2,1H3,(H,17,18). The predicted molar refractivity (Wildman–Crippen MR) is 72.7 cm³/mol. The van der Waals surface area contributed by atoms with Crippen molar-refractivity contribution >= 4 is 5.91 Å². The number of ether oxygens (including phenoxy) is 1. The zero-order valence-electron chi connectivity index (χ0n) is 10.7. The third-order valence-corrected chi connectivity index (χ3v) is 2.68. The molecule has 1 atom stereocenters. The molecule has 19 heavy (non-hydrogen) atoms. The maximum absolute atomic E-state index is 11.7. The van der Waals surface area contributed by atoms with Crippen molar-refractivity contribution in [3.05, 3.63) is 60.4 Å². The van der Waals surface area contributed by atoms with Crippen LogP contribution in [0.15, 0.2) is 54.9 Å². The summed E-state index contributed by atoms with van der Waals surface area (Å²) in [5.41, 5.74) is 1.07. The van der Waals surface area contributed by atoms with E-state index >= 15 is 0 Å². The van der Waals surface area contributed by atoms with Crippen molar-refractivity contribution in [2.75, 3.05) is 6.61 Å². The van der Waals surface area contributed by atoms with Crippen molar-refractivity contribution < 1.29 is 9.53 Å². The van der Waals surface area contributed by atoms with Crippen LogP contribution in [0.2, 0.25) is 0 Å². The lowest BCUT2D eigenvalue weighted by Crippen LogP contribution is -2.31. The highest BCUT2D eigenvalue weighted by atomic mass is 16.5. The van der Waals surface area contributed by atoms with Gasteiger partial charge < -0.3 is 10.1 Å². The first-order valence-electron chi connectivity index (χ1n) is 6.13. The molecule has 0 saturated carbocycles. The van der Waals surface area contributed by atoms with Crippen LogP contribution in [-0.4, -0.2) is 17.5 Å². The highest BCUT2D eigenvalue weighted by molar-refractivity contribution is 5.78. The lowest BCUT2D eigenvalue weighted by molar-refractivity contribution is -0.123. The maximum Gasteiger partial charge on any atom is 0.258 e. The van der Waals surface area contributed by atoms with Gasteiger partial charge in [0.05, 0.1) is 12.2 Å². The molecule has 1 aromatic heterocycles. The van der Waals surface area contributed by atoms with Crippen LogP contribution in [0.3, 0.4) is 0 Å². The highest BCUT2D eigenvalue weighted by Gasteiger charge is 2.09. The van der Waals surface area contributed by atoms with Gasteiger partial charge in [-0.25, -0.2) is 0 Å². The van der Waals surface area contributed by atoms with Gasteiger partial charge in [-0.1, -0.05) is 30.3 Å². The molecule has 4 heteroatoms. The molecule has 1 amide bonds. The molecule has 0 radical (unpaired) electrons. The van der Waals surface area contributed by atoms with Gasteiger partial charge in [-0.15, -0.1) is 0 Å². The van der Waals surface area contributed by atoms with Gasteiger partial charge >= 0.3 is 0 Å². The lowest BCUT2D eigenvalue weighted by Gasteiger charge is -2.14. The number of benzene rings is 1. The van der Waals surface area contributed by atoms with E-state index in [0.29, 0.717) is 5.75 Å². The smallest absolute Gasteiger partial charge is 0.258 e. The Morgan fingerprint density at radius 2 is 2.05 bits per heavy atom. The molecule has 1 unspecified atom stereocenters. The zero-order chi connectivity index (χ0) is 13.5. The van der Waals surface area contributed by atoms with E-state index in [1.165, 1.54) is 0 Å². The first-order valence-corrected chi connectivity index (χ1v) is 6.13. The Labute approximate surface area is 112 Å². The van der Waals surface area contributed by atoms with Crippen LogP contribution in [0.4, 0.5) is 0 Å². The van der Waals surface area contributed by atoms with Gasteiger partial charge in [0.2, 0.25) is 0 Å². The molecule has 0 bridgehead atoms. The number of rotatable bonds is 5. The van der Waals surface area contributed by atoms with Gasteiger partial charge in [0.25, 0.3) is 5.91 Å². The summed E-state index contributed by atoms with van der Waals surface area (Å²) in [5.74, 6) is 0.435. The average molecular weight is 256 g/mol.